The lowest BCUT2D eigenvalue weighted by atomic mass is 9.88. The van der Waals surface area contributed by atoms with E-state index in [9.17, 15) is 19.2 Å². The van der Waals surface area contributed by atoms with Crippen molar-refractivity contribution in [2.24, 2.45) is 5.41 Å². The minimum atomic E-state index is -1.21. The summed E-state index contributed by atoms with van der Waals surface area (Å²) in [7, 11) is 1.42. The van der Waals surface area contributed by atoms with Gasteiger partial charge in [-0.1, -0.05) is 17.2 Å². The summed E-state index contributed by atoms with van der Waals surface area (Å²) in [5.41, 5.74) is -1.54. The van der Waals surface area contributed by atoms with Crippen LogP contribution in [0.5, 0.6) is 0 Å². The summed E-state index contributed by atoms with van der Waals surface area (Å²) in [6.45, 7) is 5.47. The predicted octanol–water partition coefficient (Wildman–Crippen LogP) is 2.01. The average Bonchev–Trinajstić information content (AvgIpc) is 3.18. The number of hydrogen-bond donors (Lipinski definition) is 0. The first-order valence-electron chi connectivity index (χ1n) is 9.25. The van der Waals surface area contributed by atoms with Gasteiger partial charge in [-0.05, 0) is 39.3 Å². The predicted molar refractivity (Wildman–Crippen MR) is 99.8 cm³/mol. The number of carbonyl (C=O) groups is 4. The highest BCUT2D eigenvalue weighted by atomic mass is 16.7. The van der Waals surface area contributed by atoms with Gasteiger partial charge in [0.25, 0.3) is 11.8 Å². The zero-order valence-corrected chi connectivity index (χ0v) is 16.9. The molecule has 0 radical (unpaired) electrons. The van der Waals surface area contributed by atoms with Gasteiger partial charge in [-0.2, -0.15) is 0 Å². The molecule has 1 aromatic carbocycles. The van der Waals surface area contributed by atoms with Crippen molar-refractivity contribution in [1.82, 2.24) is 9.96 Å². The van der Waals surface area contributed by atoms with Crippen LogP contribution in [-0.2, 0) is 19.1 Å². The minimum absolute atomic E-state index is 0.00223. The first kappa shape index (κ1) is 20.8. The van der Waals surface area contributed by atoms with Crippen molar-refractivity contribution >= 4 is 23.9 Å². The van der Waals surface area contributed by atoms with E-state index in [-0.39, 0.29) is 37.2 Å². The number of carbonyl (C=O) groups excluding carboxylic acids is 4. The monoisotopic (exact) mass is 404 g/mol. The second-order valence-electron chi connectivity index (χ2n) is 8.19. The Hall–Kier alpha value is -2.94. The highest BCUT2D eigenvalue weighted by molar-refractivity contribution is 6.20. The molecule has 9 heteroatoms. The summed E-state index contributed by atoms with van der Waals surface area (Å²) in [5.74, 6) is -2.21. The van der Waals surface area contributed by atoms with Crippen LogP contribution < -0.4 is 0 Å². The Morgan fingerprint density at radius 2 is 1.69 bits per heavy atom. The second-order valence-corrected chi connectivity index (χ2v) is 8.19. The Kier molecular flexibility index (Phi) is 5.36. The van der Waals surface area contributed by atoms with Crippen LogP contribution in [0.3, 0.4) is 0 Å². The minimum Gasteiger partial charge on any atom is -0.444 e. The van der Waals surface area contributed by atoms with Crippen molar-refractivity contribution in [3.63, 3.8) is 0 Å². The molecular formula is C20H24N2O7. The summed E-state index contributed by atoms with van der Waals surface area (Å²) < 4.78 is 10.5. The number of benzene rings is 1. The lowest BCUT2D eigenvalue weighted by Gasteiger charge is -2.28. The van der Waals surface area contributed by atoms with Gasteiger partial charge in [-0.3, -0.25) is 9.59 Å². The lowest BCUT2D eigenvalue weighted by molar-refractivity contribution is -0.183. The summed E-state index contributed by atoms with van der Waals surface area (Å²) in [6, 6.07) is 6.23. The summed E-state index contributed by atoms with van der Waals surface area (Å²) in [5, 5.41) is 0.473. The van der Waals surface area contributed by atoms with Crippen LogP contribution >= 0.6 is 0 Å². The van der Waals surface area contributed by atoms with E-state index in [1.807, 2.05) is 0 Å². The molecule has 2 aliphatic heterocycles. The summed E-state index contributed by atoms with van der Waals surface area (Å²) in [4.78, 5) is 56.9. The van der Waals surface area contributed by atoms with E-state index < -0.39 is 34.9 Å². The fraction of sp³-hybridized carbons (Fsp3) is 0.500. The van der Waals surface area contributed by atoms with E-state index in [0.29, 0.717) is 5.06 Å². The van der Waals surface area contributed by atoms with Gasteiger partial charge < -0.3 is 19.2 Å². The van der Waals surface area contributed by atoms with Crippen LogP contribution in [0.1, 0.15) is 47.9 Å². The SMILES string of the molecule is COCC1(C(=O)ON2C(=O)c3ccccc3C2=O)CCN(C(=O)OC(C)(C)C)C1. The molecule has 0 aromatic heterocycles. The molecule has 0 saturated carbocycles. The quantitative estimate of drug-likeness (QED) is 0.707. The Morgan fingerprint density at radius 1 is 1.10 bits per heavy atom. The zero-order chi connectivity index (χ0) is 21.4. The first-order valence-corrected chi connectivity index (χ1v) is 9.25. The van der Waals surface area contributed by atoms with Gasteiger partial charge in [0.2, 0.25) is 0 Å². The average molecular weight is 404 g/mol. The van der Waals surface area contributed by atoms with Crippen LogP contribution in [-0.4, -0.2) is 66.2 Å². The largest absolute Gasteiger partial charge is 0.444 e. The van der Waals surface area contributed by atoms with Crippen LogP contribution in [0.15, 0.2) is 24.3 Å². The standard InChI is InChI=1S/C20H24N2O7/c1-19(2,3)28-18(26)21-10-9-20(11-21,12-27-4)17(25)29-22-15(23)13-7-5-6-8-14(13)16(22)24/h5-8H,9-12H2,1-4H3. The normalized spacial score (nSPS) is 21.4. The number of amides is 3. The number of hydroxylamine groups is 2. The van der Waals surface area contributed by atoms with Crippen molar-refractivity contribution in [1.29, 1.82) is 0 Å². The maximum absolute atomic E-state index is 13.0. The molecule has 156 valence electrons. The van der Waals surface area contributed by atoms with E-state index in [1.54, 1.807) is 32.9 Å². The number of likely N-dealkylation sites (tertiary alicyclic amines) is 1. The molecule has 3 rings (SSSR count). The van der Waals surface area contributed by atoms with E-state index >= 15 is 0 Å². The van der Waals surface area contributed by atoms with Gasteiger partial charge in [-0.25, -0.2) is 9.59 Å². The third-order valence-corrected chi connectivity index (χ3v) is 4.79. The number of methoxy groups -OCH3 is 1. The van der Waals surface area contributed by atoms with E-state index in [1.165, 1.54) is 24.1 Å². The van der Waals surface area contributed by atoms with Crippen molar-refractivity contribution in [2.45, 2.75) is 32.8 Å². The molecular weight excluding hydrogens is 380 g/mol. The third kappa shape index (κ3) is 3.95. The molecule has 1 aromatic rings. The molecule has 0 aliphatic carbocycles. The first-order chi connectivity index (χ1) is 13.6. The van der Waals surface area contributed by atoms with Crippen molar-refractivity contribution in [3.8, 4) is 0 Å². The van der Waals surface area contributed by atoms with Gasteiger partial charge in [0.1, 0.15) is 11.0 Å². The van der Waals surface area contributed by atoms with Gasteiger partial charge in [0.05, 0.1) is 17.7 Å². The van der Waals surface area contributed by atoms with Crippen LogP contribution in [0.4, 0.5) is 4.79 Å². The number of rotatable bonds is 4. The van der Waals surface area contributed by atoms with Gasteiger partial charge in [0.15, 0.2) is 0 Å². The molecule has 0 bridgehead atoms. The molecule has 9 nitrogen and oxygen atoms in total. The maximum Gasteiger partial charge on any atom is 0.410 e. The zero-order valence-electron chi connectivity index (χ0n) is 16.9. The summed E-state index contributed by atoms with van der Waals surface area (Å²) >= 11 is 0. The molecule has 3 amide bonds. The van der Waals surface area contributed by atoms with E-state index in [4.69, 9.17) is 14.3 Å². The molecule has 29 heavy (non-hydrogen) atoms. The number of imide groups is 1. The second kappa shape index (κ2) is 7.47. The topological polar surface area (TPSA) is 102 Å². The van der Waals surface area contributed by atoms with Crippen molar-refractivity contribution < 1.29 is 33.5 Å². The Balaban J connectivity index is 1.75. The molecule has 1 unspecified atom stereocenters. The van der Waals surface area contributed by atoms with Crippen LogP contribution in [0.2, 0.25) is 0 Å². The Morgan fingerprint density at radius 3 is 2.21 bits per heavy atom. The fourth-order valence-corrected chi connectivity index (χ4v) is 3.40. The number of hydrogen-bond acceptors (Lipinski definition) is 7. The smallest absolute Gasteiger partial charge is 0.410 e. The van der Waals surface area contributed by atoms with Crippen LogP contribution in [0.25, 0.3) is 0 Å². The molecule has 2 aliphatic rings. The third-order valence-electron chi connectivity index (χ3n) is 4.79. The summed E-state index contributed by atoms with van der Waals surface area (Å²) in [6.07, 6.45) is -0.300. The molecule has 1 atom stereocenters. The lowest BCUT2D eigenvalue weighted by Crippen LogP contribution is -2.45. The van der Waals surface area contributed by atoms with Crippen molar-refractivity contribution in [3.05, 3.63) is 35.4 Å². The van der Waals surface area contributed by atoms with Gasteiger partial charge in [0, 0.05) is 20.2 Å². The van der Waals surface area contributed by atoms with E-state index in [0.717, 1.165) is 0 Å². The Labute approximate surface area is 168 Å². The molecule has 2 heterocycles. The number of ether oxygens (including phenoxy) is 2. The maximum atomic E-state index is 13.0. The molecule has 0 N–H and O–H groups in total. The molecule has 0 spiro atoms. The fourth-order valence-electron chi connectivity index (χ4n) is 3.40. The molecule has 1 fully saturated rings. The number of fused-ring (bicyclic) bond motifs is 1. The highest BCUT2D eigenvalue weighted by Crippen LogP contribution is 2.35. The van der Waals surface area contributed by atoms with Gasteiger partial charge in [-0.15, -0.1) is 0 Å². The van der Waals surface area contributed by atoms with Gasteiger partial charge >= 0.3 is 12.1 Å². The highest BCUT2D eigenvalue weighted by Gasteiger charge is 2.51. The molecule has 1 saturated heterocycles. The Bertz CT molecular complexity index is 826. The van der Waals surface area contributed by atoms with Crippen molar-refractivity contribution in [2.75, 3.05) is 26.8 Å². The number of nitrogens with zero attached hydrogens (tertiary/aromatic N) is 2. The van der Waals surface area contributed by atoms with E-state index in [2.05, 4.69) is 0 Å². The van der Waals surface area contributed by atoms with Crippen LogP contribution in [0, 0.1) is 5.41 Å².